The number of amides is 1. The van der Waals surface area contributed by atoms with Crippen molar-refractivity contribution in [3.8, 4) is 0 Å². The van der Waals surface area contributed by atoms with Crippen LogP contribution >= 0.6 is 0 Å². The molecular formula is C16H25N3O. The number of nitrogens with zero attached hydrogens (tertiary/aromatic N) is 2. The lowest BCUT2D eigenvalue weighted by Crippen LogP contribution is -2.39. The van der Waals surface area contributed by atoms with E-state index in [9.17, 15) is 4.79 Å². The molecule has 1 amide bonds. The summed E-state index contributed by atoms with van der Waals surface area (Å²) in [5.74, 6) is 1.47. The molecule has 0 radical (unpaired) electrons. The second-order valence-corrected chi connectivity index (χ2v) is 6.50. The number of aromatic amines is 1. The highest BCUT2D eigenvalue weighted by Crippen LogP contribution is 2.31. The lowest BCUT2D eigenvalue weighted by Gasteiger charge is -2.33. The van der Waals surface area contributed by atoms with Crippen LogP contribution in [0.3, 0.4) is 0 Å². The Balaban J connectivity index is 1.60. The third-order valence-corrected chi connectivity index (χ3v) is 4.99. The smallest absolute Gasteiger partial charge is 0.222 e. The Kier molecular flexibility index (Phi) is 4.08. The number of rotatable bonds is 3. The Morgan fingerprint density at radius 3 is 2.85 bits per heavy atom. The molecule has 4 heteroatoms. The van der Waals surface area contributed by atoms with Gasteiger partial charge in [-0.15, -0.1) is 0 Å². The van der Waals surface area contributed by atoms with Crippen LogP contribution in [0, 0.1) is 12.8 Å². The fraction of sp³-hybridized carbons (Fsp3) is 0.750. The van der Waals surface area contributed by atoms with Gasteiger partial charge >= 0.3 is 0 Å². The summed E-state index contributed by atoms with van der Waals surface area (Å²) in [6.45, 7) is 3.90. The molecule has 20 heavy (non-hydrogen) atoms. The topological polar surface area (TPSA) is 49.0 Å². The van der Waals surface area contributed by atoms with E-state index in [0.29, 0.717) is 17.7 Å². The summed E-state index contributed by atoms with van der Waals surface area (Å²) in [6, 6.07) is 0. The molecule has 0 aromatic carbocycles. The van der Waals surface area contributed by atoms with Crippen molar-refractivity contribution in [1.29, 1.82) is 0 Å². The van der Waals surface area contributed by atoms with Crippen LogP contribution in [0.1, 0.15) is 62.1 Å². The first-order chi connectivity index (χ1) is 9.74. The minimum atomic E-state index is 0.374. The first kappa shape index (κ1) is 13.7. The van der Waals surface area contributed by atoms with Crippen molar-refractivity contribution in [3.63, 3.8) is 0 Å². The van der Waals surface area contributed by atoms with Crippen LogP contribution < -0.4 is 0 Å². The van der Waals surface area contributed by atoms with Crippen LogP contribution in [-0.2, 0) is 4.79 Å². The molecule has 2 aliphatic rings. The van der Waals surface area contributed by atoms with Gasteiger partial charge in [-0.2, -0.15) is 5.10 Å². The number of aryl methyl sites for hydroxylation is 1. The maximum atomic E-state index is 12.5. The second-order valence-electron chi connectivity index (χ2n) is 6.50. The number of carbonyl (C=O) groups is 1. The van der Waals surface area contributed by atoms with Crippen LogP contribution in [0.4, 0.5) is 0 Å². The van der Waals surface area contributed by atoms with E-state index in [-0.39, 0.29) is 0 Å². The van der Waals surface area contributed by atoms with Gasteiger partial charge in [0, 0.05) is 31.1 Å². The SMILES string of the molecule is Cc1cn[nH]c1C1CCCN(C(=O)CC2CCCC2)C1. The molecule has 2 fully saturated rings. The predicted molar refractivity (Wildman–Crippen MR) is 78.5 cm³/mol. The van der Waals surface area contributed by atoms with E-state index in [2.05, 4.69) is 22.0 Å². The van der Waals surface area contributed by atoms with Gasteiger partial charge in [-0.3, -0.25) is 9.89 Å². The number of aromatic nitrogens is 2. The Hall–Kier alpha value is -1.32. The van der Waals surface area contributed by atoms with E-state index >= 15 is 0 Å². The maximum Gasteiger partial charge on any atom is 0.222 e. The fourth-order valence-electron chi connectivity index (χ4n) is 3.80. The van der Waals surface area contributed by atoms with Crippen LogP contribution in [0.2, 0.25) is 0 Å². The molecule has 1 unspecified atom stereocenters. The first-order valence-corrected chi connectivity index (χ1v) is 8.01. The van der Waals surface area contributed by atoms with Crippen LogP contribution in [0.25, 0.3) is 0 Å². The zero-order chi connectivity index (χ0) is 13.9. The molecule has 4 nitrogen and oxygen atoms in total. The van der Waals surface area contributed by atoms with Gasteiger partial charge in [0.1, 0.15) is 0 Å². The number of piperidine rings is 1. The van der Waals surface area contributed by atoms with E-state index in [4.69, 9.17) is 0 Å². The van der Waals surface area contributed by atoms with Crippen molar-refractivity contribution in [2.45, 2.75) is 57.8 Å². The van der Waals surface area contributed by atoms with Gasteiger partial charge < -0.3 is 4.90 Å². The normalized spacial score (nSPS) is 24.2. The molecule has 3 rings (SSSR count). The van der Waals surface area contributed by atoms with Gasteiger partial charge in [-0.25, -0.2) is 0 Å². The van der Waals surface area contributed by atoms with E-state index < -0.39 is 0 Å². The number of likely N-dealkylation sites (tertiary alicyclic amines) is 1. The standard InChI is InChI=1S/C16H25N3O/c1-12-10-17-18-16(12)14-7-4-8-19(11-14)15(20)9-13-5-2-3-6-13/h10,13-14H,2-9,11H2,1H3,(H,17,18). The number of carbonyl (C=O) groups excluding carboxylic acids is 1. The molecule has 1 aromatic heterocycles. The lowest BCUT2D eigenvalue weighted by molar-refractivity contribution is -0.133. The summed E-state index contributed by atoms with van der Waals surface area (Å²) in [4.78, 5) is 14.5. The Labute approximate surface area is 120 Å². The Morgan fingerprint density at radius 2 is 2.15 bits per heavy atom. The fourth-order valence-corrected chi connectivity index (χ4v) is 3.80. The molecule has 2 heterocycles. The number of hydrogen-bond acceptors (Lipinski definition) is 2. The Bertz CT molecular complexity index is 462. The molecule has 0 spiro atoms. The zero-order valence-electron chi connectivity index (χ0n) is 12.4. The number of H-pyrrole nitrogens is 1. The molecule has 1 saturated heterocycles. The average Bonchev–Trinajstić information content (AvgIpc) is 3.10. The highest BCUT2D eigenvalue weighted by atomic mass is 16.2. The van der Waals surface area contributed by atoms with E-state index in [1.54, 1.807) is 0 Å². The summed E-state index contributed by atoms with van der Waals surface area (Å²) in [6.07, 6.45) is 10.1. The maximum absolute atomic E-state index is 12.5. The number of hydrogen-bond donors (Lipinski definition) is 1. The molecule has 1 saturated carbocycles. The minimum absolute atomic E-state index is 0.374. The quantitative estimate of drug-likeness (QED) is 0.922. The van der Waals surface area contributed by atoms with Crippen molar-refractivity contribution < 1.29 is 4.79 Å². The molecule has 1 aliphatic carbocycles. The van der Waals surface area contributed by atoms with Crippen molar-refractivity contribution in [2.24, 2.45) is 5.92 Å². The Morgan fingerprint density at radius 1 is 1.35 bits per heavy atom. The minimum Gasteiger partial charge on any atom is -0.342 e. The second kappa shape index (κ2) is 5.98. The highest BCUT2D eigenvalue weighted by molar-refractivity contribution is 5.76. The summed E-state index contributed by atoms with van der Waals surface area (Å²) in [5, 5.41) is 7.24. The summed E-state index contributed by atoms with van der Waals surface area (Å²) < 4.78 is 0. The van der Waals surface area contributed by atoms with E-state index in [0.717, 1.165) is 32.4 Å². The van der Waals surface area contributed by atoms with Gasteiger partial charge in [0.05, 0.1) is 6.20 Å². The van der Waals surface area contributed by atoms with E-state index in [1.807, 2.05) is 6.20 Å². The van der Waals surface area contributed by atoms with Crippen LogP contribution in [0.15, 0.2) is 6.20 Å². The molecule has 110 valence electrons. The first-order valence-electron chi connectivity index (χ1n) is 8.01. The summed E-state index contributed by atoms with van der Waals surface area (Å²) >= 11 is 0. The third kappa shape index (κ3) is 2.89. The molecule has 1 aliphatic heterocycles. The zero-order valence-corrected chi connectivity index (χ0v) is 12.4. The van der Waals surface area contributed by atoms with Crippen LogP contribution in [0.5, 0.6) is 0 Å². The largest absolute Gasteiger partial charge is 0.342 e. The molecule has 0 bridgehead atoms. The average molecular weight is 275 g/mol. The van der Waals surface area contributed by atoms with Crippen molar-refractivity contribution >= 4 is 5.91 Å². The molecule has 1 atom stereocenters. The summed E-state index contributed by atoms with van der Waals surface area (Å²) in [7, 11) is 0. The van der Waals surface area contributed by atoms with Crippen molar-refractivity contribution in [3.05, 3.63) is 17.5 Å². The molecular weight excluding hydrogens is 250 g/mol. The third-order valence-electron chi connectivity index (χ3n) is 4.99. The monoisotopic (exact) mass is 275 g/mol. The number of nitrogens with one attached hydrogen (secondary N) is 1. The van der Waals surface area contributed by atoms with E-state index in [1.165, 1.54) is 36.9 Å². The molecule has 1 N–H and O–H groups in total. The summed E-state index contributed by atoms with van der Waals surface area (Å²) in [5.41, 5.74) is 2.45. The predicted octanol–water partition coefficient (Wildman–Crippen LogP) is 3.00. The van der Waals surface area contributed by atoms with Gasteiger partial charge in [0.25, 0.3) is 0 Å². The van der Waals surface area contributed by atoms with Gasteiger partial charge in [0.2, 0.25) is 5.91 Å². The van der Waals surface area contributed by atoms with Gasteiger partial charge in [-0.05, 0) is 44.1 Å². The highest BCUT2D eigenvalue weighted by Gasteiger charge is 2.28. The van der Waals surface area contributed by atoms with Crippen LogP contribution in [-0.4, -0.2) is 34.1 Å². The molecule has 1 aromatic rings. The lowest BCUT2D eigenvalue weighted by atomic mass is 9.92. The van der Waals surface area contributed by atoms with Crippen molar-refractivity contribution in [2.75, 3.05) is 13.1 Å². The van der Waals surface area contributed by atoms with Gasteiger partial charge in [-0.1, -0.05) is 12.8 Å². The van der Waals surface area contributed by atoms with Crippen molar-refractivity contribution in [1.82, 2.24) is 15.1 Å². The van der Waals surface area contributed by atoms with Gasteiger partial charge in [0.15, 0.2) is 0 Å².